The van der Waals surface area contributed by atoms with Crippen LogP contribution in [0.3, 0.4) is 0 Å². The number of nitrogens with zero attached hydrogens (tertiary/aromatic N) is 1. The van der Waals surface area contributed by atoms with E-state index in [9.17, 15) is 0 Å². The van der Waals surface area contributed by atoms with Crippen molar-refractivity contribution in [2.24, 2.45) is 22.7 Å². The third kappa shape index (κ3) is 1.95. The number of rotatable bonds is 1. The van der Waals surface area contributed by atoms with Gasteiger partial charge in [0.05, 0.1) is 0 Å². The van der Waals surface area contributed by atoms with Gasteiger partial charge in [0.15, 0.2) is 0 Å². The molecule has 1 nitrogen and oxygen atoms in total. The summed E-state index contributed by atoms with van der Waals surface area (Å²) >= 11 is 0. The van der Waals surface area contributed by atoms with E-state index in [-0.39, 0.29) is 0 Å². The summed E-state index contributed by atoms with van der Waals surface area (Å²) in [7, 11) is 0. The molecule has 74 valence electrons. The summed E-state index contributed by atoms with van der Waals surface area (Å²) in [6, 6.07) is 0.648. The highest BCUT2D eigenvalue weighted by Crippen LogP contribution is 2.38. The van der Waals surface area contributed by atoms with Crippen LogP contribution in [0, 0.1) is 17.8 Å². The Balaban J connectivity index is 2.00. The lowest BCUT2D eigenvalue weighted by molar-refractivity contribution is 0.211. The van der Waals surface area contributed by atoms with Crippen LogP contribution in [0.2, 0.25) is 0 Å². The number of fused-ring (bicyclic) bond motifs is 1. The van der Waals surface area contributed by atoms with E-state index >= 15 is 0 Å². The van der Waals surface area contributed by atoms with Gasteiger partial charge in [0, 0.05) is 12.3 Å². The molecule has 1 heterocycles. The molecule has 0 spiro atoms. The molecule has 1 saturated carbocycles. The van der Waals surface area contributed by atoms with Gasteiger partial charge in [-0.2, -0.15) is 0 Å². The molecule has 0 amide bonds. The second kappa shape index (κ2) is 3.81. The molecular weight excluding hydrogens is 158 g/mol. The predicted octanol–water partition coefficient (Wildman–Crippen LogP) is 3.29. The maximum atomic E-state index is 4.64. The summed E-state index contributed by atoms with van der Waals surface area (Å²) in [5, 5.41) is 0. The first-order valence-electron chi connectivity index (χ1n) is 5.83. The fraction of sp³-hybridized carbons (Fsp3) is 0.917. The fourth-order valence-corrected chi connectivity index (χ4v) is 2.88. The van der Waals surface area contributed by atoms with E-state index < -0.39 is 0 Å². The van der Waals surface area contributed by atoms with Crippen LogP contribution in [-0.2, 0) is 0 Å². The van der Waals surface area contributed by atoms with Crippen molar-refractivity contribution in [3.8, 4) is 0 Å². The van der Waals surface area contributed by atoms with Crippen LogP contribution in [0.1, 0.15) is 46.0 Å². The summed E-state index contributed by atoms with van der Waals surface area (Å²) in [5.74, 6) is 2.73. The van der Waals surface area contributed by atoms with Crippen LogP contribution < -0.4 is 0 Å². The second-order valence-electron chi connectivity index (χ2n) is 4.94. The van der Waals surface area contributed by atoms with Crippen LogP contribution in [-0.4, -0.2) is 12.3 Å². The SMILES string of the molecule is CCC1CC2CC[C@@H](C)CC2C=N1. The Labute approximate surface area is 81.6 Å². The highest BCUT2D eigenvalue weighted by Gasteiger charge is 2.31. The molecule has 0 aromatic rings. The first-order valence-corrected chi connectivity index (χ1v) is 5.83. The minimum Gasteiger partial charge on any atom is -0.294 e. The van der Waals surface area contributed by atoms with Crippen molar-refractivity contribution in [1.82, 2.24) is 0 Å². The quantitative estimate of drug-likeness (QED) is 0.585. The average molecular weight is 179 g/mol. The Morgan fingerprint density at radius 1 is 1.31 bits per heavy atom. The summed E-state index contributed by atoms with van der Waals surface area (Å²) < 4.78 is 0. The predicted molar refractivity (Wildman–Crippen MR) is 57.2 cm³/mol. The lowest BCUT2D eigenvalue weighted by Crippen LogP contribution is -2.31. The third-order valence-corrected chi connectivity index (χ3v) is 3.84. The molecule has 0 N–H and O–H groups in total. The van der Waals surface area contributed by atoms with E-state index in [0.29, 0.717) is 6.04 Å². The normalized spacial score (nSPS) is 44.5. The maximum absolute atomic E-state index is 4.64. The molecule has 0 aromatic carbocycles. The van der Waals surface area contributed by atoms with Crippen molar-refractivity contribution in [2.45, 2.75) is 52.0 Å². The molecular formula is C12H21N. The molecule has 2 aliphatic rings. The molecule has 1 heteroatoms. The third-order valence-electron chi connectivity index (χ3n) is 3.84. The van der Waals surface area contributed by atoms with E-state index in [2.05, 4.69) is 25.1 Å². The minimum absolute atomic E-state index is 0.648. The van der Waals surface area contributed by atoms with Gasteiger partial charge in [-0.25, -0.2) is 0 Å². The van der Waals surface area contributed by atoms with Crippen molar-refractivity contribution >= 4 is 6.21 Å². The fourth-order valence-electron chi connectivity index (χ4n) is 2.88. The second-order valence-corrected chi connectivity index (χ2v) is 4.94. The Bertz CT molecular complexity index is 197. The lowest BCUT2D eigenvalue weighted by atomic mass is 9.71. The molecule has 0 radical (unpaired) electrons. The maximum Gasteiger partial charge on any atom is 0.0496 e. The Kier molecular flexibility index (Phi) is 2.71. The molecule has 3 unspecified atom stereocenters. The molecule has 1 aliphatic heterocycles. The number of aliphatic imine (C=N–C) groups is 1. The van der Waals surface area contributed by atoms with Gasteiger partial charge in [-0.15, -0.1) is 0 Å². The van der Waals surface area contributed by atoms with Crippen molar-refractivity contribution in [3.63, 3.8) is 0 Å². The monoisotopic (exact) mass is 179 g/mol. The van der Waals surface area contributed by atoms with Crippen molar-refractivity contribution in [1.29, 1.82) is 0 Å². The molecule has 1 fully saturated rings. The molecule has 0 saturated heterocycles. The van der Waals surface area contributed by atoms with Gasteiger partial charge in [-0.1, -0.05) is 20.3 Å². The summed E-state index contributed by atoms with van der Waals surface area (Å²) in [5.41, 5.74) is 0. The highest BCUT2D eigenvalue weighted by atomic mass is 14.8. The van der Waals surface area contributed by atoms with Gasteiger partial charge in [0.2, 0.25) is 0 Å². The number of hydrogen-bond donors (Lipinski definition) is 0. The molecule has 1 aliphatic carbocycles. The standard InChI is InChI=1S/C12H21N/c1-3-12-7-10-5-4-9(2)6-11(10)8-13-12/h8-12H,3-7H2,1-2H3/t9-,10?,11?,12?/m1/s1. The minimum atomic E-state index is 0.648. The van der Waals surface area contributed by atoms with E-state index in [0.717, 1.165) is 17.8 Å². The Hall–Kier alpha value is -0.330. The van der Waals surface area contributed by atoms with Crippen LogP contribution in [0.15, 0.2) is 4.99 Å². The van der Waals surface area contributed by atoms with E-state index in [1.807, 2.05) is 0 Å². The highest BCUT2D eigenvalue weighted by molar-refractivity contribution is 5.62. The van der Waals surface area contributed by atoms with Crippen LogP contribution in [0.25, 0.3) is 0 Å². The van der Waals surface area contributed by atoms with Crippen molar-refractivity contribution in [3.05, 3.63) is 0 Å². The van der Waals surface area contributed by atoms with Gasteiger partial charge >= 0.3 is 0 Å². The van der Waals surface area contributed by atoms with Gasteiger partial charge in [0.1, 0.15) is 0 Å². The smallest absolute Gasteiger partial charge is 0.0496 e. The van der Waals surface area contributed by atoms with Gasteiger partial charge in [-0.05, 0) is 43.4 Å². The molecule has 0 bridgehead atoms. The van der Waals surface area contributed by atoms with E-state index in [4.69, 9.17) is 0 Å². The summed E-state index contributed by atoms with van der Waals surface area (Å²) in [6.45, 7) is 4.64. The zero-order valence-electron chi connectivity index (χ0n) is 8.87. The van der Waals surface area contributed by atoms with Crippen LogP contribution in [0.5, 0.6) is 0 Å². The van der Waals surface area contributed by atoms with Gasteiger partial charge in [-0.3, -0.25) is 4.99 Å². The lowest BCUT2D eigenvalue weighted by Gasteiger charge is -2.37. The van der Waals surface area contributed by atoms with Crippen molar-refractivity contribution in [2.75, 3.05) is 0 Å². The van der Waals surface area contributed by atoms with Gasteiger partial charge in [0.25, 0.3) is 0 Å². The first-order chi connectivity index (χ1) is 6.29. The zero-order valence-corrected chi connectivity index (χ0v) is 8.87. The molecule has 2 rings (SSSR count). The average Bonchev–Trinajstić information content (AvgIpc) is 2.17. The van der Waals surface area contributed by atoms with Crippen LogP contribution >= 0.6 is 0 Å². The topological polar surface area (TPSA) is 12.4 Å². The van der Waals surface area contributed by atoms with Crippen LogP contribution in [0.4, 0.5) is 0 Å². The first kappa shape index (κ1) is 9.23. The Morgan fingerprint density at radius 3 is 2.92 bits per heavy atom. The summed E-state index contributed by atoms with van der Waals surface area (Å²) in [6.07, 6.45) is 9.17. The van der Waals surface area contributed by atoms with E-state index in [1.165, 1.54) is 32.1 Å². The zero-order chi connectivity index (χ0) is 9.26. The van der Waals surface area contributed by atoms with E-state index in [1.54, 1.807) is 0 Å². The molecule has 13 heavy (non-hydrogen) atoms. The molecule has 4 atom stereocenters. The number of hydrogen-bond acceptors (Lipinski definition) is 1. The van der Waals surface area contributed by atoms with Crippen molar-refractivity contribution < 1.29 is 0 Å². The summed E-state index contributed by atoms with van der Waals surface area (Å²) in [4.78, 5) is 4.64. The van der Waals surface area contributed by atoms with Gasteiger partial charge < -0.3 is 0 Å². The molecule has 0 aromatic heterocycles. The largest absolute Gasteiger partial charge is 0.294 e. The Morgan fingerprint density at radius 2 is 2.15 bits per heavy atom.